The Hall–Kier alpha value is -0.410. The second kappa shape index (κ2) is 15.6. The maximum atomic E-state index is 3.05. The molecule has 0 aliphatic carbocycles. The first-order chi connectivity index (χ1) is 8.41. The van der Waals surface area contributed by atoms with Gasteiger partial charge in [0, 0.05) is 6.42 Å². The van der Waals surface area contributed by atoms with E-state index in [1.165, 1.54) is 43.0 Å². The number of hydrogen-bond acceptors (Lipinski definition) is 0. The zero-order chi connectivity index (χ0) is 12.6. The van der Waals surface area contributed by atoms with Gasteiger partial charge in [-0.1, -0.05) is 66.7 Å². The highest BCUT2D eigenvalue weighted by molar-refractivity contribution is 14.1. The van der Waals surface area contributed by atoms with Crippen molar-refractivity contribution in [2.75, 3.05) is 4.43 Å². The molecule has 0 fully saturated rings. The molecular weight excluding hydrogens is 319 g/mol. The Morgan fingerprint density at radius 3 is 2.59 bits per heavy atom. The molecule has 0 saturated heterocycles. The summed E-state index contributed by atoms with van der Waals surface area (Å²) < 4.78 is 1.29. The predicted octanol–water partition coefficient (Wildman–Crippen LogP) is 5.13. The molecule has 0 radical (unpaired) electrons. The van der Waals surface area contributed by atoms with Crippen molar-refractivity contribution >= 4 is 22.6 Å². The number of rotatable bonds is 8. The van der Waals surface area contributed by atoms with Crippen molar-refractivity contribution in [2.45, 2.75) is 58.3 Å². The van der Waals surface area contributed by atoms with E-state index in [1.54, 1.807) is 0 Å². The van der Waals surface area contributed by atoms with Gasteiger partial charge < -0.3 is 0 Å². The molecule has 0 spiro atoms. The highest BCUT2D eigenvalue weighted by Crippen LogP contribution is 2.04. The van der Waals surface area contributed by atoms with Crippen LogP contribution in [-0.2, 0) is 0 Å². The summed E-state index contributed by atoms with van der Waals surface area (Å²) in [6, 6.07) is 0. The number of hydrogen-bond donors (Lipinski definition) is 0. The molecule has 0 aliphatic rings. The van der Waals surface area contributed by atoms with Gasteiger partial charge in [0.2, 0.25) is 0 Å². The Morgan fingerprint density at radius 1 is 1.00 bits per heavy atom. The van der Waals surface area contributed by atoms with Crippen LogP contribution in [0.3, 0.4) is 0 Å². The van der Waals surface area contributed by atoms with Gasteiger partial charge in [0.1, 0.15) is 0 Å². The minimum atomic E-state index is 0.978. The normalized spacial score (nSPS) is 9.53. The SMILES string of the molecule is CCCCC#CC#CC=CCCCCCCI. The second-order valence-electron chi connectivity index (χ2n) is 3.97. The van der Waals surface area contributed by atoms with Gasteiger partial charge in [-0.05, 0) is 48.0 Å². The maximum Gasteiger partial charge on any atom is 0.00988 e. The van der Waals surface area contributed by atoms with Crippen LogP contribution in [0.4, 0.5) is 0 Å². The zero-order valence-electron chi connectivity index (χ0n) is 10.9. The van der Waals surface area contributed by atoms with Crippen molar-refractivity contribution in [1.82, 2.24) is 0 Å². The van der Waals surface area contributed by atoms with Gasteiger partial charge in [0.15, 0.2) is 0 Å². The third-order valence-corrected chi connectivity index (χ3v) is 3.10. The second-order valence-corrected chi connectivity index (χ2v) is 5.05. The largest absolute Gasteiger partial charge is 0.0891 e. The summed E-state index contributed by atoms with van der Waals surface area (Å²) in [5, 5.41) is 0. The molecule has 1 heteroatoms. The molecule has 0 aromatic rings. The lowest BCUT2D eigenvalue weighted by Gasteiger charge is -1.94. The molecule has 94 valence electrons. The van der Waals surface area contributed by atoms with Gasteiger partial charge in [-0.15, -0.1) is 0 Å². The average molecular weight is 342 g/mol. The van der Waals surface area contributed by atoms with Gasteiger partial charge in [-0.25, -0.2) is 0 Å². The summed E-state index contributed by atoms with van der Waals surface area (Å²) in [6.07, 6.45) is 14.0. The first-order valence-electron chi connectivity index (χ1n) is 6.61. The van der Waals surface area contributed by atoms with Gasteiger partial charge in [-0.3, -0.25) is 0 Å². The molecule has 0 heterocycles. The highest BCUT2D eigenvalue weighted by atomic mass is 127. The summed E-state index contributed by atoms with van der Waals surface area (Å²) in [7, 11) is 0. The van der Waals surface area contributed by atoms with Crippen LogP contribution >= 0.6 is 22.6 Å². The van der Waals surface area contributed by atoms with E-state index in [2.05, 4.69) is 59.3 Å². The summed E-state index contributed by atoms with van der Waals surface area (Å²) in [4.78, 5) is 0. The molecule has 0 bridgehead atoms. The third kappa shape index (κ3) is 15.6. The van der Waals surface area contributed by atoms with E-state index in [0.717, 1.165) is 12.8 Å². The fourth-order valence-corrected chi connectivity index (χ4v) is 1.84. The molecular formula is C16H23I. The van der Waals surface area contributed by atoms with Crippen molar-refractivity contribution in [2.24, 2.45) is 0 Å². The first-order valence-corrected chi connectivity index (χ1v) is 8.13. The standard InChI is InChI=1S/C16H23I/c1-2-3-4-5-6-7-8-9-10-11-12-13-14-15-16-17/h9-10H,2-4,11-16H2,1H3. The number of unbranched alkanes of at least 4 members (excludes halogenated alkanes) is 6. The van der Waals surface area contributed by atoms with Crippen molar-refractivity contribution in [3.63, 3.8) is 0 Å². The summed E-state index contributed by atoms with van der Waals surface area (Å²) >= 11 is 2.44. The van der Waals surface area contributed by atoms with E-state index in [-0.39, 0.29) is 0 Å². The highest BCUT2D eigenvalue weighted by Gasteiger charge is 1.85. The Labute approximate surface area is 121 Å². The minimum absolute atomic E-state index is 0.978. The van der Waals surface area contributed by atoms with E-state index in [1.807, 2.05) is 6.08 Å². The lowest BCUT2D eigenvalue weighted by molar-refractivity contribution is 0.681. The lowest BCUT2D eigenvalue weighted by atomic mass is 10.1. The van der Waals surface area contributed by atoms with Crippen LogP contribution in [0.5, 0.6) is 0 Å². The van der Waals surface area contributed by atoms with Crippen LogP contribution in [0.15, 0.2) is 12.2 Å². The first kappa shape index (κ1) is 16.6. The van der Waals surface area contributed by atoms with Crippen molar-refractivity contribution in [1.29, 1.82) is 0 Å². The molecule has 17 heavy (non-hydrogen) atoms. The molecule has 0 nitrogen and oxygen atoms in total. The fraction of sp³-hybridized carbons (Fsp3) is 0.625. The molecule has 0 aromatic carbocycles. The Morgan fingerprint density at radius 2 is 1.82 bits per heavy atom. The number of allylic oxidation sites excluding steroid dienone is 2. The van der Waals surface area contributed by atoms with Crippen LogP contribution in [0.2, 0.25) is 0 Å². The van der Waals surface area contributed by atoms with E-state index < -0.39 is 0 Å². The summed E-state index contributed by atoms with van der Waals surface area (Å²) in [5.41, 5.74) is 0. The molecule has 0 rings (SSSR count). The number of alkyl halides is 1. The van der Waals surface area contributed by atoms with E-state index in [9.17, 15) is 0 Å². The summed E-state index contributed by atoms with van der Waals surface area (Å²) in [5.74, 6) is 11.7. The van der Waals surface area contributed by atoms with Crippen molar-refractivity contribution in [3.8, 4) is 23.7 Å². The van der Waals surface area contributed by atoms with Crippen LogP contribution in [0.1, 0.15) is 58.3 Å². The Bertz CT molecular complexity index is 293. The van der Waals surface area contributed by atoms with E-state index in [0.29, 0.717) is 0 Å². The molecule has 0 N–H and O–H groups in total. The van der Waals surface area contributed by atoms with Crippen molar-refractivity contribution in [3.05, 3.63) is 12.2 Å². The van der Waals surface area contributed by atoms with Gasteiger partial charge in [0.05, 0.1) is 0 Å². The van der Waals surface area contributed by atoms with Crippen molar-refractivity contribution < 1.29 is 0 Å². The summed E-state index contributed by atoms with van der Waals surface area (Å²) in [6.45, 7) is 2.18. The topological polar surface area (TPSA) is 0 Å². The lowest BCUT2D eigenvalue weighted by Crippen LogP contribution is -1.77. The van der Waals surface area contributed by atoms with Crippen LogP contribution < -0.4 is 0 Å². The zero-order valence-corrected chi connectivity index (χ0v) is 13.1. The molecule has 0 atom stereocenters. The van der Waals surface area contributed by atoms with E-state index >= 15 is 0 Å². The van der Waals surface area contributed by atoms with Gasteiger partial charge >= 0.3 is 0 Å². The Kier molecular flexibility index (Phi) is 15.2. The number of halogens is 1. The fourth-order valence-electron chi connectivity index (χ4n) is 1.30. The van der Waals surface area contributed by atoms with Crippen LogP contribution in [0, 0.1) is 23.7 Å². The van der Waals surface area contributed by atoms with E-state index in [4.69, 9.17) is 0 Å². The predicted molar refractivity (Wildman–Crippen MR) is 86.2 cm³/mol. The quantitative estimate of drug-likeness (QED) is 0.248. The third-order valence-electron chi connectivity index (χ3n) is 2.33. The Balaban J connectivity index is 3.39. The molecule has 0 aliphatic heterocycles. The van der Waals surface area contributed by atoms with Gasteiger partial charge in [-0.2, -0.15) is 0 Å². The monoisotopic (exact) mass is 342 g/mol. The molecule has 0 amide bonds. The van der Waals surface area contributed by atoms with Crippen LogP contribution in [0.25, 0.3) is 0 Å². The molecule has 0 saturated carbocycles. The molecule has 0 unspecified atom stereocenters. The average Bonchev–Trinajstić information content (AvgIpc) is 2.35. The molecule has 0 aromatic heterocycles. The minimum Gasteiger partial charge on any atom is -0.0891 e. The smallest absolute Gasteiger partial charge is 0.00988 e. The maximum absolute atomic E-state index is 3.05. The van der Waals surface area contributed by atoms with Gasteiger partial charge in [0.25, 0.3) is 0 Å². The van der Waals surface area contributed by atoms with Crippen LogP contribution in [-0.4, -0.2) is 4.43 Å².